The molecule has 0 bridgehead atoms. The van der Waals surface area contributed by atoms with Crippen molar-refractivity contribution in [2.24, 2.45) is 0 Å². The van der Waals surface area contributed by atoms with E-state index in [0.717, 1.165) is 43.9 Å². The van der Waals surface area contributed by atoms with Crippen LogP contribution in [0, 0.1) is 0 Å². The number of halogens is 1. The van der Waals surface area contributed by atoms with Crippen LogP contribution in [0.4, 0.5) is 5.69 Å². The summed E-state index contributed by atoms with van der Waals surface area (Å²) in [7, 11) is 1.69. The molecule has 0 radical (unpaired) electrons. The second-order valence-electron chi connectivity index (χ2n) is 6.98. The summed E-state index contributed by atoms with van der Waals surface area (Å²) < 4.78 is 5.32. The number of aromatic nitrogens is 1. The van der Waals surface area contributed by atoms with Gasteiger partial charge in [-0.2, -0.15) is 0 Å². The number of rotatable bonds is 5. The minimum absolute atomic E-state index is 0.168. The first-order valence-electron chi connectivity index (χ1n) is 9.51. The Bertz CT molecular complexity index is 978. The number of benzene rings is 2. The summed E-state index contributed by atoms with van der Waals surface area (Å²) in [4.78, 5) is 20.8. The number of carbonyl (C=O) groups is 1. The average Bonchev–Trinajstić information content (AvgIpc) is 3.06. The van der Waals surface area contributed by atoms with Crippen molar-refractivity contribution in [1.29, 1.82) is 0 Å². The summed E-state index contributed by atoms with van der Waals surface area (Å²) in [6.07, 6.45) is 1.76. The van der Waals surface area contributed by atoms with Crippen molar-refractivity contribution in [3.63, 3.8) is 0 Å². The number of carbonyl (C=O) groups excluding carboxylic acids is 1. The molecule has 29 heavy (non-hydrogen) atoms. The molecule has 0 saturated carbocycles. The summed E-state index contributed by atoms with van der Waals surface area (Å²) in [5.41, 5.74) is 3.00. The molecule has 7 heteroatoms. The zero-order valence-corrected chi connectivity index (χ0v) is 17.7. The van der Waals surface area contributed by atoms with Gasteiger partial charge in [0, 0.05) is 41.6 Å². The third-order valence-corrected chi connectivity index (χ3v) is 6.34. The molecule has 0 spiro atoms. The minimum Gasteiger partial charge on any atom is -0.497 e. The highest BCUT2D eigenvalue weighted by Crippen LogP contribution is 2.25. The molecule has 0 saturated heterocycles. The topological polar surface area (TPSA) is 54.5 Å². The molecule has 4 rings (SSSR count). The van der Waals surface area contributed by atoms with E-state index < -0.39 is 0 Å². The highest BCUT2D eigenvalue weighted by atomic mass is 35.5. The Labute approximate surface area is 179 Å². The fourth-order valence-electron chi connectivity index (χ4n) is 3.41. The van der Waals surface area contributed by atoms with Gasteiger partial charge in [-0.25, -0.2) is 4.98 Å². The molecular formula is C22H22ClN3O2S. The summed E-state index contributed by atoms with van der Waals surface area (Å²) in [5, 5.41) is 4.05. The number of anilines is 1. The zero-order valence-electron chi connectivity index (χ0n) is 16.2. The van der Waals surface area contributed by atoms with Gasteiger partial charge in [0.15, 0.2) is 5.01 Å². The third kappa shape index (κ3) is 4.96. The molecule has 150 valence electrons. The molecule has 3 aromatic rings. The van der Waals surface area contributed by atoms with E-state index in [2.05, 4.69) is 27.3 Å². The first-order chi connectivity index (χ1) is 14.1. The summed E-state index contributed by atoms with van der Waals surface area (Å²) in [5.74, 6) is 0.716. The van der Waals surface area contributed by atoms with Crippen molar-refractivity contribution in [2.75, 3.05) is 25.5 Å². The van der Waals surface area contributed by atoms with E-state index in [1.54, 1.807) is 31.4 Å². The lowest BCUT2D eigenvalue weighted by Gasteiger charge is -2.20. The van der Waals surface area contributed by atoms with Gasteiger partial charge in [0.25, 0.3) is 5.91 Å². The van der Waals surface area contributed by atoms with Crippen LogP contribution < -0.4 is 10.1 Å². The van der Waals surface area contributed by atoms with E-state index in [4.69, 9.17) is 16.3 Å². The highest BCUT2D eigenvalue weighted by Gasteiger charge is 2.21. The predicted octanol–water partition coefficient (Wildman–Crippen LogP) is 4.66. The molecule has 0 unspecified atom stereocenters. The van der Waals surface area contributed by atoms with Gasteiger partial charge in [0.2, 0.25) is 0 Å². The van der Waals surface area contributed by atoms with Gasteiger partial charge >= 0.3 is 0 Å². The number of nitrogens with one attached hydrogen (secondary N) is 1. The lowest BCUT2D eigenvalue weighted by atomic mass is 10.2. The highest BCUT2D eigenvalue weighted by molar-refractivity contribution is 7.13. The van der Waals surface area contributed by atoms with E-state index in [-0.39, 0.29) is 5.91 Å². The van der Waals surface area contributed by atoms with Gasteiger partial charge in [-0.05, 0) is 48.4 Å². The monoisotopic (exact) mass is 427 g/mol. The third-order valence-electron chi connectivity index (χ3n) is 4.93. The molecule has 5 nitrogen and oxygen atoms in total. The van der Waals surface area contributed by atoms with Crippen LogP contribution in [0.25, 0.3) is 0 Å². The van der Waals surface area contributed by atoms with Crippen LogP contribution >= 0.6 is 22.9 Å². The number of amides is 1. The second kappa shape index (κ2) is 8.95. The molecule has 0 fully saturated rings. The Morgan fingerprint density at radius 1 is 1.21 bits per heavy atom. The Kier molecular flexibility index (Phi) is 6.13. The van der Waals surface area contributed by atoms with Crippen LogP contribution in [-0.4, -0.2) is 36.0 Å². The van der Waals surface area contributed by atoms with Gasteiger partial charge < -0.3 is 10.1 Å². The molecule has 1 N–H and O–H groups in total. The molecular weight excluding hydrogens is 406 g/mol. The van der Waals surface area contributed by atoms with E-state index in [0.29, 0.717) is 15.7 Å². The summed E-state index contributed by atoms with van der Waals surface area (Å²) in [6, 6.07) is 15.3. The molecule has 2 heterocycles. The van der Waals surface area contributed by atoms with E-state index in [1.165, 1.54) is 21.8 Å². The SMILES string of the molecule is COc1cccc(CN2CCc3nc(C(=O)Nc4ccc(Cl)cc4)sc3CC2)c1. The largest absolute Gasteiger partial charge is 0.497 e. The lowest BCUT2D eigenvalue weighted by Crippen LogP contribution is -2.26. The molecule has 2 aromatic carbocycles. The van der Waals surface area contributed by atoms with Crippen LogP contribution in [0.1, 0.15) is 25.9 Å². The lowest BCUT2D eigenvalue weighted by molar-refractivity contribution is 0.102. The van der Waals surface area contributed by atoms with Gasteiger partial charge in [-0.3, -0.25) is 9.69 Å². The van der Waals surface area contributed by atoms with Gasteiger partial charge in [-0.1, -0.05) is 23.7 Å². The number of hydrogen-bond acceptors (Lipinski definition) is 5. The Morgan fingerprint density at radius 2 is 2.00 bits per heavy atom. The molecule has 0 aliphatic carbocycles. The van der Waals surface area contributed by atoms with E-state index in [9.17, 15) is 4.79 Å². The zero-order chi connectivity index (χ0) is 20.2. The minimum atomic E-state index is -0.168. The molecule has 1 aliphatic heterocycles. The normalized spacial score (nSPS) is 14.1. The van der Waals surface area contributed by atoms with Crippen LogP contribution in [0.15, 0.2) is 48.5 Å². The molecule has 0 atom stereocenters. The quantitative estimate of drug-likeness (QED) is 0.643. The maximum Gasteiger partial charge on any atom is 0.284 e. The maximum absolute atomic E-state index is 12.6. The van der Waals surface area contributed by atoms with Crippen molar-refractivity contribution >= 4 is 34.5 Å². The van der Waals surface area contributed by atoms with Crippen molar-refractivity contribution in [3.05, 3.63) is 74.7 Å². The summed E-state index contributed by atoms with van der Waals surface area (Å²) in [6.45, 7) is 2.76. The number of nitrogens with zero attached hydrogens (tertiary/aromatic N) is 2. The number of fused-ring (bicyclic) bond motifs is 1. The predicted molar refractivity (Wildman–Crippen MR) is 117 cm³/mol. The van der Waals surface area contributed by atoms with E-state index >= 15 is 0 Å². The van der Waals surface area contributed by atoms with Crippen LogP contribution in [0.5, 0.6) is 5.75 Å². The van der Waals surface area contributed by atoms with Crippen molar-refractivity contribution in [1.82, 2.24) is 9.88 Å². The van der Waals surface area contributed by atoms with Crippen LogP contribution in [0.2, 0.25) is 5.02 Å². The van der Waals surface area contributed by atoms with Crippen LogP contribution in [0.3, 0.4) is 0 Å². The summed E-state index contributed by atoms with van der Waals surface area (Å²) >= 11 is 7.39. The Balaban J connectivity index is 1.38. The van der Waals surface area contributed by atoms with Crippen molar-refractivity contribution in [3.8, 4) is 5.75 Å². The standard InChI is InChI=1S/C22H22ClN3O2S/c1-28-18-4-2-3-15(13-18)14-26-11-9-19-20(10-12-26)29-22(25-19)21(27)24-17-7-5-16(23)6-8-17/h2-8,13H,9-12,14H2,1H3,(H,24,27). The van der Waals surface area contributed by atoms with Gasteiger partial charge in [0.1, 0.15) is 5.75 Å². The first kappa shape index (κ1) is 19.9. The van der Waals surface area contributed by atoms with Gasteiger partial charge in [-0.15, -0.1) is 11.3 Å². The Hall–Kier alpha value is -2.41. The average molecular weight is 428 g/mol. The first-order valence-corrected chi connectivity index (χ1v) is 10.7. The number of thiazole rings is 1. The molecule has 1 amide bonds. The van der Waals surface area contributed by atoms with Crippen LogP contribution in [-0.2, 0) is 19.4 Å². The van der Waals surface area contributed by atoms with Crippen molar-refractivity contribution < 1.29 is 9.53 Å². The number of methoxy groups -OCH3 is 1. The van der Waals surface area contributed by atoms with E-state index in [1.807, 2.05) is 12.1 Å². The maximum atomic E-state index is 12.6. The number of hydrogen-bond donors (Lipinski definition) is 1. The fraction of sp³-hybridized carbons (Fsp3) is 0.273. The second-order valence-corrected chi connectivity index (χ2v) is 8.50. The molecule has 1 aromatic heterocycles. The van der Waals surface area contributed by atoms with Gasteiger partial charge in [0.05, 0.1) is 12.8 Å². The molecule has 1 aliphatic rings. The number of ether oxygens (including phenoxy) is 1. The smallest absolute Gasteiger partial charge is 0.284 e. The van der Waals surface area contributed by atoms with Crippen molar-refractivity contribution in [2.45, 2.75) is 19.4 Å². The fourth-order valence-corrected chi connectivity index (χ4v) is 4.53. The Morgan fingerprint density at radius 3 is 2.79 bits per heavy atom.